The van der Waals surface area contributed by atoms with E-state index in [1.165, 1.54) is 33.0 Å². The van der Waals surface area contributed by atoms with Gasteiger partial charge in [0.1, 0.15) is 6.07 Å². The third-order valence-electron chi connectivity index (χ3n) is 15.1. The van der Waals surface area contributed by atoms with Crippen LogP contribution in [0.2, 0.25) is 0 Å². The van der Waals surface area contributed by atoms with E-state index in [-0.39, 0.29) is 21.7 Å². The molecule has 7 heteroatoms. The molecule has 0 atom stereocenters. The van der Waals surface area contributed by atoms with Crippen molar-refractivity contribution in [2.24, 2.45) is 0 Å². The van der Waals surface area contributed by atoms with Gasteiger partial charge in [-0.2, -0.15) is 5.26 Å². The van der Waals surface area contributed by atoms with Crippen molar-refractivity contribution >= 4 is 49.3 Å². The Morgan fingerprint density at radius 3 is 1.20 bits per heavy atom. The molecule has 0 amide bonds. The van der Waals surface area contributed by atoms with Gasteiger partial charge in [0.15, 0.2) is 23.2 Å². The summed E-state index contributed by atoms with van der Waals surface area (Å²) in [6.45, 7) is 35.4. The van der Waals surface area contributed by atoms with Crippen molar-refractivity contribution in [3.63, 3.8) is 0 Å². The average Bonchev–Trinajstić information content (AvgIpc) is 3.94. The SMILES string of the molecule is [C-]#[N+]c1ccccc1-c1cc(-c2nc(-c3ccccc3)nc(-c3ccc(-n4c5ccc(C(C)(C)C)cc5c5cc(C(C)(C)C)ccc54)c(C#N)c3)n2)ccc1-n1c2ccc(C(C)(C)C)cc2c2cc(C(C)(C)C)ccc21. The fourth-order valence-corrected chi connectivity index (χ4v) is 10.6. The van der Waals surface area contributed by atoms with Crippen LogP contribution in [0.4, 0.5) is 5.69 Å². The molecule has 0 saturated heterocycles. The first-order valence-corrected chi connectivity index (χ1v) is 26.3. The number of fused-ring (bicyclic) bond motifs is 6. The zero-order chi connectivity index (χ0) is 53.6. The van der Waals surface area contributed by atoms with Gasteiger partial charge in [-0.15, -0.1) is 0 Å². The van der Waals surface area contributed by atoms with Gasteiger partial charge in [-0.3, -0.25) is 0 Å². The third kappa shape index (κ3) is 8.70. The quantitative estimate of drug-likeness (QED) is 0.156. The minimum atomic E-state index is -0.0499. The summed E-state index contributed by atoms with van der Waals surface area (Å²) in [4.78, 5) is 19.6. The zero-order valence-corrected chi connectivity index (χ0v) is 45.7. The van der Waals surface area contributed by atoms with Gasteiger partial charge in [-0.05, 0) is 140 Å². The van der Waals surface area contributed by atoms with Gasteiger partial charge in [0.05, 0.1) is 45.6 Å². The summed E-state index contributed by atoms with van der Waals surface area (Å²) in [6.07, 6.45) is 0. The Morgan fingerprint density at radius 2 is 0.776 bits per heavy atom. The highest BCUT2D eigenvalue weighted by Gasteiger charge is 2.26. The lowest BCUT2D eigenvalue weighted by Gasteiger charge is -2.20. The largest absolute Gasteiger partial charge is 0.309 e. The maximum absolute atomic E-state index is 11.1. The molecule has 0 aliphatic carbocycles. The molecular weight excluding hydrogens is 927 g/mol. The van der Waals surface area contributed by atoms with E-state index in [0.29, 0.717) is 34.3 Å². The van der Waals surface area contributed by atoms with Crippen LogP contribution in [-0.2, 0) is 21.7 Å². The fraction of sp³-hybridized carbons (Fsp3) is 0.232. The van der Waals surface area contributed by atoms with E-state index in [2.05, 4.69) is 194 Å². The Balaban J connectivity index is 1.12. The summed E-state index contributed by atoms with van der Waals surface area (Å²) >= 11 is 0. The number of benzene rings is 8. The van der Waals surface area contributed by atoms with Crippen molar-refractivity contribution < 1.29 is 0 Å². The summed E-state index contributed by atoms with van der Waals surface area (Å²) in [7, 11) is 0. The summed E-state index contributed by atoms with van der Waals surface area (Å²) in [5.41, 5.74) is 15.8. The van der Waals surface area contributed by atoms with Crippen LogP contribution in [0.15, 0.2) is 164 Å². The van der Waals surface area contributed by atoms with E-state index in [1.54, 1.807) is 0 Å². The van der Waals surface area contributed by atoms with Crippen molar-refractivity contribution in [3.8, 4) is 62.7 Å². The van der Waals surface area contributed by atoms with E-state index in [0.717, 1.165) is 66.5 Å². The number of hydrogen-bond acceptors (Lipinski definition) is 4. The number of hydrogen-bond donors (Lipinski definition) is 0. The molecule has 8 aromatic carbocycles. The smallest absolute Gasteiger partial charge is 0.194 e. The first kappa shape index (κ1) is 49.6. The lowest BCUT2D eigenvalue weighted by atomic mass is 9.85. The Morgan fingerprint density at radius 1 is 0.395 bits per heavy atom. The van der Waals surface area contributed by atoms with Crippen LogP contribution in [0.25, 0.3) is 105 Å². The summed E-state index contributed by atoms with van der Waals surface area (Å²) in [6, 6.07) is 59.9. The van der Waals surface area contributed by atoms with Gasteiger partial charge in [0.2, 0.25) is 0 Å². The van der Waals surface area contributed by atoms with Gasteiger partial charge in [0, 0.05) is 38.2 Å². The van der Waals surface area contributed by atoms with Crippen LogP contribution in [0.1, 0.15) is 111 Å². The second-order valence-electron chi connectivity index (χ2n) is 24.5. The summed E-state index contributed by atoms with van der Waals surface area (Å²) in [5.74, 6) is 1.42. The molecule has 374 valence electrons. The number of rotatable bonds is 6. The van der Waals surface area contributed by atoms with E-state index in [4.69, 9.17) is 21.5 Å². The van der Waals surface area contributed by atoms with Gasteiger partial charge < -0.3 is 9.13 Å². The Labute approximate surface area is 447 Å². The average molecular weight is 990 g/mol. The van der Waals surface area contributed by atoms with Gasteiger partial charge in [-0.25, -0.2) is 19.8 Å². The third-order valence-corrected chi connectivity index (χ3v) is 15.1. The van der Waals surface area contributed by atoms with Crippen LogP contribution in [-0.4, -0.2) is 24.1 Å². The molecule has 11 rings (SSSR count). The Hall–Kier alpha value is -8.65. The molecule has 3 heterocycles. The molecule has 0 unspecified atom stereocenters. The van der Waals surface area contributed by atoms with Crippen molar-refractivity contribution in [1.82, 2.24) is 24.1 Å². The number of aromatic nitrogens is 5. The van der Waals surface area contributed by atoms with Crippen LogP contribution in [0.5, 0.6) is 0 Å². The molecule has 0 N–H and O–H groups in total. The highest BCUT2D eigenvalue weighted by molar-refractivity contribution is 6.11. The first-order valence-electron chi connectivity index (χ1n) is 26.3. The maximum Gasteiger partial charge on any atom is 0.194 e. The van der Waals surface area contributed by atoms with Gasteiger partial charge in [-0.1, -0.05) is 162 Å². The van der Waals surface area contributed by atoms with E-state index in [1.807, 2.05) is 72.8 Å². The van der Waals surface area contributed by atoms with Gasteiger partial charge in [0.25, 0.3) is 0 Å². The predicted molar refractivity (Wildman–Crippen MR) is 316 cm³/mol. The molecule has 0 spiro atoms. The number of para-hydroxylation sites is 1. The van der Waals surface area contributed by atoms with Crippen molar-refractivity contribution in [3.05, 3.63) is 203 Å². The molecule has 0 radical (unpaired) electrons. The maximum atomic E-state index is 11.1. The molecular formula is C69H63N7. The summed E-state index contributed by atoms with van der Waals surface area (Å²) in [5, 5.41) is 15.8. The van der Waals surface area contributed by atoms with Crippen molar-refractivity contribution in [2.45, 2.75) is 105 Å². The molecule has 7 nitrogen and oxygen atoms in total. The fourth-order valence-electron chi connectivity index (χ4n) is 10.6. The molecule has 0 aliphatic heterocycles. The first-order chi connectivity index (χ1) is 36.1. The monoisotopic (exact) mass is 990 g/mol. The van der Waals surface area contributed by atoms with Crippen molar-refractivity contribution in [2.75, 3.05) is 0 Å². The second-order valence-corrected chi connectivity index (χ2v) is 24.5. The standard InChI is InChI=1S/C69H63N7/c1-66(2,3)46-25-31-59-52(37-46)53-38-47(67(4,5)6)26-32-60(53)75(59)57-29-23-43(35-45(57)41-70)64-72-63(42-19-15-14-16-20-42)73-65(74-64)44-24-30-58(51(36-44)50-21-17-18-22-56(50)71-13)76-61-33-27-48(68(7,8)9)39-54(61)55-40-49(69(10,11)12)28-34-62(55)76/h14-40H,1-12H3. The number of nitriles is 1. The molecule has 0 saturated carbocycles. The molecule has 0 fully saturated rings. The zero-order valence-electron chi connectivity index (χ0n) is 45.7. The highest BCUT2D eigenvalue weighted by atomic mass is 15.0. The second kappa shape index (κ2) is 18.0. The normalized spacial score (nSPS) is 12.4. The molecule has 11 aromatic rings. The molecule has 0 bridgehead atoms. The van der Waals surface area contributed by atoms with Crippen LogP contribution in [0, 0.1) is 17.9 Å². The van der Waals surface area contributed by atoms with E-state index >= 15 is 0 Å². The van der Waals surface area contributed by atoms with Gasteiger partial charge >= 0.3 is 0 Å². The minimum absolute atomic E-state index is 0.0442. The minimum Gasteiger partial charge on any atom is -0.309 e. The Bertz CT molecular complexity index is 4080. The molecule has 0 aliphatic rings. The van der Waals surface area contributed by atoms with Crippen LogP contribution < -0.4 is 0 Å². The lowest BCUT2D eigenvalue weighted by Crippen LogP contribution is -2.10. The van der Waals surface area contributed by atoms with Crippen LogP contribution >= 0.6 is 0 Å². The van der Waals surface area contributed by atoms with Crippen LogP contribution in [0.3, 0.4) is 0 Å². The number of nitrogens with zero attached hydrogens (tertiary/aromatic N) is 7. The molecule has 76 heavy (non-hydrogen) atoms. The lowest BCUT2D eigenvalue weighted by molar-refractivity contribution is 0.590. The predicted octanol–water partition coefficient (Wildman–Crippen LogP) is 18.3. The van der Waals surface area contributed by atoms with E-state index < -0.39 is 0 Å². The van der Waals surface area contributed by atoms with Crippen molar-refractivity contribution in [1.29, 1.82) is 5.26 Å². The molecule has 3 aromatic heterocycles. The van der Waals surface area contributed by atoms with E-state index in [9.17, 15) is 5.26 Å². The highest BCUT2D eigenvalue weighted by Crippen LogP contribution is 2.44. The Kier molecular flexibility index (Phi) is 11.8. The summed E-state index contributed by atoms with van der Waals surface area (Å²) < 4.78 is 4.58. The topological polar surface area (TPSA) is 76.7 Å².